The average molecular weight is 290 g/mol. The van der Waals surface area contributed by atoms with Crippen LogP contribution in [-0.2, 0) is 0 Å². The number of hydrogen-bond acceptors (Lipinski definition) is 4. The van der Waals surface area contributed by atoms with E-state index >= 15 is 0 Å². The molecular weight excluding hydrogens is 268 g/mol. The van der Waals surface area contributed by atoms with Gasteiger partial charge in [-0.2, -0.15) is 0 Å². The molecule has 2 rings (SSSR count). The molecule has 114 valence electrons. The summed E-state index contributed by atoms with van der Waals surface area (Å²) in [5.74, 6) is 1.68. The van der Waals surface area contributed by atoms with Crippen LogP contribution in [0.4, 0.5) is 10.6 Å². The van der Waals surface area contributed by atoms with Crippen molar-refractivity contribution in [1.29, 1.82) is 0 Å². The molecule has 6 heteroatoms. The molecule has 1 aromatic heterocycles. The number of ether oxygens (including phenoxy) is 1. The highest BCUT2D eigenvalue weighted by atomic mass is 16.5. The van der Waals surface area contributed by atoms with E-state index in [9.17, 15) is 4.79 Å². The molecule has 0 unspecified atom stereocenters. The first-order valence-corrected chi connectivity index (χ1v) is 7.02. The second kappa shape index (κ2) is 6.97. The molecule has 0 bridgehead atoms. The lowest BCUT2D eigenvalue weighted by Gasteiger charge is -2.35. The minimum Gasteiger partial charge on any atom is -0.497 e. The van der Waals surface area contributed by atoms with Crippen molar-refractivity contribution in [3.05, 3.63) is 30.5 Å². The van der Waals surface area contributed by atoms with Gasteiger partial charge in [0.25, 0.3) is 0 Å². The van der Waals surface area contributed by atoms with E-state index in [0.29, 0.717) is 19.6 Å². The summed E-state index contributed by atoms with van der Waals surface area (Å²) in [7, 11) is 1.64. The van der Waals surface area contributed by atoms with Gasteiger partial charge in [0.05, 0.1) is 7.11 Å². The normalized spacial score (nSPS) is 14.8. The van der Waals surface area contributed by atoms with Crippen LogP contribution in [-0.4, -0.2) is 55.7 Å². The summed E-state index contributed by atoms with van der Waals surface area (Å²) in [6.07, 6.45) is 1.74. The van der Waals surface area contributed by atoms with E-state index in [1.165, 1.54) is 0 Å². The fourth-order valence-corrected chi connectivity index (χ4v) is 2.18. The first-order chi connectivity index (χ1) is 10.1. The Morgan fingerprint density at radius 3 is 2.76 bits per heavy atom. The quantitative estimate of drug-likeness (QED) is 0.854. The van der Waals surface area contributed by atoms with Gasteiger partial charge in [-0.1, -0.05) is 12.2 Å². The van der Waals surface area contributed by atoms with Crippen molar-refractivity contribution in [1.82, 2.24) is 15.2 Å². The summed E-state index contributed by atoms with van der Waals surface area (Å²) in [5.41, 5.74) is 0.947. The molecule has 1 N–H and O–H groups in total. The predicted octanol–water partition coefficient (Wildman–Crippen LogP) is 1.50. The number of rotatable bonds is 4. The predicted molar refractivity (Wildman–Crippen MR) is 82.8 cm³/mol. The summed E-state index contributed by atoms with van der Waals surface area (Å²) in [5, 5.41) is 2.86. The first kappa shape index (κ1) is 15.2. The molecule has 2 amide bonds. The molecule has 1 saturated heterocycles. The zero-order chi connectivity index (χ0) is 15.2. The fourth-order valence-electron chi connectivity index (χ4n) is 2.18. The van der Waals surface area contributed by atoms with Crippen molar-refractivity contribution in [2.75, 3.05) is 44.7 Å². The summed E-state index contributed by atoms with van der Waals surface area (Å²) in [6, 6.07) is 3.71. The van der Waals surface area contributed by atoms with Crippen LogP contribution >= 0.6 is 0 Å². The lowest BCUT2D eigenvalue weighted by Crippen LogP contribution is -2.52. The number of nitrogens with zero attached hydrogens (tertiary/aromatic N) is 3. The third-order valence-corrected chi connectivity index (χ3v) is 3.38. The first-order valence-electron chi connectivity index (χ1n) is 7.02. The Morgan fingerprint density at radius 1 is 1.43 bits per heavy atom. The molecule has 1 fully saturated rings. The van der Waals surface area contributed by atoms with Crippen LogP contribution in [0, 0.1) is 0 Å². The number of carbonyl (C=O) groups excluding carboxylic acids is 1. The molecule has 21 heavy (non-hydrogen) atoms. The van der Waals surface area contributed by atoms with Crippen molar-refractivity contribution >= 4 is 11.8 Å². The standard InChI is InChI=1S/C15H22N4O2/c1-12(2)11-17-15(20)19-8-6-18(7-9-19)14-10-13(21-3)4-5-16-14/h4-5,10H,1,6-9,11H2,2-3H3,(H,17,20). The van der Waals surface area contributed by atoms with Gasteiger partial charge >= 0.3 is 6.03 Å². The number of urea groups is 1. The Kier molecular flexibility index (Phi) is 5.03. The zero-order valence-corrected chi connectivity index (χ0v) is 12.6. The smallest absolute Gasteiger partial charge is 0.317 e. The summed E-state index contributed by atoms with van der Waals surface area (Å²) < 4.78 is 5.21. The van der Waals surface area contributed by atoms with Crippen LogP contribution in [0.25, 0.3) is 0 Å². The number of hydrogen-bond donors (Lipinski definition) is 1. The second-order valence-electron chi connectivity index (χ2n) is 5.14. The lowest BCUT2D eigenvalue weighted by atomic mass is 10.3. The van der Waals surface area contributed by atoms with Crippen LogP contribution < -0.4 is 15.0 Å². The number of anilines is 1. The largest absolute Gasteiger partial charge is 0.497 e. The van der Waals surface area contributed by atoms with E-state index in [2.05, 4.69) is 21.8 Å². The van der Waals surface area contributed by atoms with Gasteiger partial charge in [0.1, 0.15) is 11.6 Å². The molecule has 0 aromatic carbocycles. The second-order valence-corrected chi connectivity index (χ2v) is 5.14. The van der Waals surface area contributed by atoms with Crippen LogP contribution in [0.5, 0.6) is 5.75 Å². The lowest BCUT2D eigenvalue weighted by molar-refractivity contribution is 0.195. The minimum atomic E-state index is -0.0312. The maximum Gasteiger partial charge on any atom is 0.317 e. The number of amides is 2. The summed E-state index contributed by atoms with van der Waals surface area (Å²) in [6.45, 7) is 9.09. The summed E-state index contributed by atoms with van der Waals surface area (Å²) >= 11 is 0. The van der Waals surface area contributed by atoms with Gasteiger partial charge in [-0.25, -0.2) is 9.78 Å². The van der Waals surface area contributed by atoms with Gasteiger partial charge < -0.3 is 19.9 Å². The zero-order valence-electron chi connectivity index (χ0n) is 12.6. The molecular formula is C15H22N4O2. The molecule has 0 spiro atoms. The topological polar surface area (TPSA) is 57.7 Å². The number of methoxy groups -OCH3 is 1. The Hall–Kier alpha value is -2.24. The highest BCUT2D eigenvalue weighted by Gasteiger charge is 2.21. The SMILES string of the molecule is C=C(C)CNC(=O)N1CCN(c2cc(OC)ccn2)CC1. The van der Waals surface area contributed by atoms with Crippen molar-refractivity contribution in [2.45, 2.75) is 6.92 Å². The molecule has 0 saturated carbocycles. The third kappa shape index (κ3) is 4.11. The third-order valence-electron chi connectivity index (χ3n) is 3.38. The van der Waals surface area contributed by atoms with E-state index < -0.39 is 0 Å². The van der Waals surface area contributed by atoms with Gasteiger partial charge in [0.15, 0.2) is 0 Å². The molecule has 0 aliphatic carbocycles. The molecule has 1 aliphatic heterocycles. The van der Waals surface area contributed by atoms with Crippen LogP contribution in [0.1, 0.15) is 6.92 Å². The Bertz CT molecular complexity index is 510. The van der Waals surface area contributed by atoms with Crippen molar-refractivity contribution in [3.63, 3.8) is 0 Å². The van der Waals surface area contributed by atoms with Crippen LogP contribution in [0.2, 0.25) is 0 Å². The van der Waals surface area contributed by atoms with Gasteiger partial charge in [-0.3, -0.25) is 0 Å². The van der Waals surface area contributed by atoms with Crippen LogP contribution in [0.15, 0.2) is 30.5 Å². The van der Waals surface area contributed by atoms with E-state index in [4.69, 9.17) is 4.74 Å². The number of carbonyl (C=O) groups is 1. The maximum absolute atomic E-state index is 12.0. The molecule has 1 aromatic rings. The molecule has 0 atom stereocenters. The van der Waals surface area contributed by atoms with E-state index in [-0.39, 0.29) is 6.03 Å². The van der Waals surface area contributed by atoms with Gasteiger partial charge in [0, 0.05) is 45.0 Å². The molecule has 2 heterocycles. The highest BCUT2D eigenvalue weighted by molar-refractivity contribution is 5.74. The van der Waals surface area contributed by atoms with Gasteiger partial charge in [-0.15, -0.1) is 0 Å². The van der Waals surface area contributed by atoms with Crippen molar-refractivity contribution < 1.29 is 9.53 Å². The average Bonchev–Trinajstić information content (AvgIpc) is 2.52. The van der Waals surface area contributed by atoms with Gasteiger partial charge in [0.2, 0.25) is 0 Å². The van der Waals surface area contributed by atoms with Crippen LogP contribution in [0.3, 0.4) is 0 Å². The Labute approximate surface area is 125 Å². The number of aromatic nitrogens is 1. The van der Waals surface area contributed by atoms with Crippen molar-refractivity contribution in [3.8, 4) is 5.75 Å². The summed E-state index contributed by atoms with van der Waals surface area (Å²) in [4.78, 5) is 20.3. The molecule has 1 aliphatic rings. The molecule has 6 nitrogen and oxygen atoms in total. The van der Waals surface area contributed by atoms with Crippen molar-refractivity contribution in [2.24, 2.45) is 0 Å². The van der Waals surface area contributed by atoms with Gasteiger partial charge in [-0.05, 0) is 13.0 Å². The minimum absolute atomic E-state index is 0.0312. The molecule has 0 radical (unpaired) electrons. The highest BCUT2D eigenvalue weighted by Crippen LogP contribution is 2.19. The van der Waals surface area contributed by atoms with E-state index in [0.717, 1.165) is 30.2 Å². The monoisotopic (exact) mass is 290 g/mol. The number of nitrogens with one attached hydrogen (secondary N) is 1. The maximum atomic E-state index is 12.0. The van der Waals surface area contributed by atoms with E-state index in [1.54, 1.807) is 13.3 Å². The fraction of sp³-hybridized carbons (Fsp3) is 0.467. The van der Waals surface area contributed by atoms with E-state index in [1.807, 2.05) is 24.0 Å². The Morgan fingerprint density at radius 2 is 2.14 bits per heavy atom. The Balaban J connectivity index is 1.87. The number of piperazine rings is 1. The number of pyridine rings is 1.